The van der Waals surface area contributed by atoms with Gasteiger partial charge in [0.2, 0.25) is 5.95 Å². The summed E-state index contributed by atoms with van der Waals surface area (Å²) in [5.41, 5.74) is 8.47. The van der Waals surface area contributed by atoms with Crippen molar-refractivity contribution in [3.8, 4) is 0 Å². The van der Waals surface area contributed by atoms with Gasteiger partial charge >= 0.3 is 0 Å². The molecule has 20 heavy (non-hydrogen) atoms. The highest BCUT2D eigenvalue weighted by Gasteiger charge is 2.32. The molecular formula is C15H25N5. The Morgan fingerprint density at radius 2 is 2.00 bits per heavy atom. The van der Waals surface area contributed by atoms with Gasteiger partial charge in [-0.25, -0.2) is 4.98 Å². The van der Waals surface area contributed by atoms with E-state index in [1.165, 1.54) is 18.4 Å². The Hall–Kier alpha value is -1.36. The lowest BCUT2D eigenvalue weighted by atomic mass is 9.76. The molecule has 0 unspecified atom stereocenters. The summed E-state index contributed by atoms with van der Waals surface area (Å²) in [6.07, 6.45) is 5.72. The predicted octanol–water partition coefficient (Wildman–Crippen LogP) is 1.84. The summed E-state index contributed by atoms with van der Waals surface area (Å²) in [6, 6.07) is 0.500. The molecule has 110 valence electrons. The highest BCUT2D eigenvalue weighted by Crippen LogP contribution is 2.38. The summed E-state index contributed by atoms with van der Waals surface area (Å²) in [5.74, 6) is 1.38. The minimum atomic E-state index is 0.106. The van der Waals surface area contributed by atoms with Crippen LogP contribution < -0.4 is 16.4 Å². The van der Waals surface area contributed by atoms with Gasteiger partial charge in [-0.05, 0) is 45.2 Å². The molecule has 3 rings (SSSR count). The molecule has 2 heterocycles. The van der Waals surface area contributed by atoms with Gasteiger partial charge in [-0.3, -0.25) is 0 Å². The molecule has 0 spiro atoms. The number of nitrogens with zero attached hydrogens (tertiary/aromatic N) is 2. The molecule has 1 aromatic heterocycles. The summed E-state index contributed by atoms with van der Waals surface area (Å²) in [7, 11) is 0. The molecule has 1 aliphatic heterocycles. The zero-order valence-electron chi connectivity index (χ0n) is 12.5. The van der Waals surface area contributed by atoms with Crippen molar-refractivity contribution in [3.63, 3.8) is 0 Å². The van der Waals surface area contributed by atoms with E-state index in [0.717, 1.165) is 43.9 Å². The van der Waals surface area contributed by atoms with Gasteiger partial charge in [0.25, 0.3) is 0 Å². The molecule has 1 saturated heterocycles. The number of nitrogens with two attached hydrogens (primary N) is 1. The van der Waals surface area contributed by atoms with Gasteiger partial charge in [0.05, 0.1) is 5.69 Å². The first-order valence-corrected chi connectivity index (χ1v) is 7.70. The van der Waals surface area contributed by atoms with Gasteiger partial charge in [0.1, 0.15) is 5.82 Å². The third-order valence-electron chi connectivity index (χ3n) is 4.57. The molecule has 0 atom stereocenters. The second-order valence-electron chi connectivity index (χ2n) is 6.66. The summed E-state index contributed by atoms with van der Waals surface area (Å²) in [4.78, 5) is 9.02. The Kier molecular flexibility index (Phi) is 3.54. The van der Waals surface area contributed by atoms with Gasteiger partial charge in [-0.15, -0.1) is 0 Å². The molecule has 0 saturated carbocycles. The fraction of sp³-hybridized carbons (Fsp3) is 0.733. The fourth-order valence-corrected chi connectivity index (χ4v) is 3.40. The SMILES string of the molecule is CC1(C)CCCc2c(NC3CCNCC3)nc(N)nc21. The van der Waals surface area contributed by atoms with E-state index in [2.05, 4.69) is 34.4 Å². The third-order valence-corrected chi connectivity index (χ3v) is 4.57. The summed E-state index contributed by atoms with van der Waals surface area (Å²) in [6.45, 7) is 6.66. The van der Waals surface area contributed by atoms with Crippen LogP contribution in [0.3, 0.4) is 0 Å². The maximum Gasteiger partial charge on any atom is 0.222 e. The Morgan fingerprint density at radius 3 is 2.75 bits per heavy atom. The zero-order chi connectivity index (χ0) is 14.2. The van der Waals surface area contributed by atoms with Crippen molar-refractivity contribution in [1.82, 2.24) is 15.3 Å². The average Bonchev–Trinajstić information content (AvgIpc) is 2.41. The largest absolute Gasteiger partial charge is 0.368 e. The molecule has 1 aromatic rings. The quantitative estimate of drug-likeness (QED) is 0.768. The van der Waals surface area contributed by atoms with Crippen molar-refractivity contribution >= 4 is 11.8 Å². The summed E-state index contributed by atoms with van der Waals surface area (Å²) < 4.78 is 0. The molecule has 5 nitrogen and oxygen atoms in total. The second kappa shape index (κ2) is 5.20. The molecule has 4 N–H and O–H groups in total. The number of fused-ring (bicyclic) bond motifs is 1. The fourth-order valence-electron chi connectivity index (χ4n) is 3.40. The number of hydrogen-bond acceptors (Lipinski definition) is 5. The van der Waals surface area contributed by atoms with Crippen LogP contribution in [-0.4, -0.2) is 29.1 Å². The van der Waals surface area contributed by atoms with E-state index in [-0.39, 0.29) is 5.41 Å². The van der Waals surface area contributed by atoms with Crippen molar-refractivity contribution in [3.05, 3.63) is 11.3 Å². The van der Waals surface area contributed by atoms with E-state index in [9.17, 15) is 0 Å². The minimum Gasteiger partial charge on any atom is -0.368 e. The van der Waals surface area contributed by atoms with Gasteiger partial charge in [-0.2, -0.15) is 4.98 Å². The Balaban J connectivity index is 1.92. The van der Waals surface area contributed by atoms with Crippen molar-refractivity contribution in [2.24, 2.45) is 0 Å². The van der Waals surface area contributed by atoms with Crippen LogP contribution in [0.15, 0.2) is 0 Å². The molecule has 0 radical (unpaired) electrons. The first-order valence-electron chi connectivity index (χ1n) is 7.70. The van der Waals surface area contributed by atoms with E-state index in [4.69, 9.17) is 5.73 Å². The topological polar surface area (TPSA) is 75.9 Å². The van der Waals surface area contributed by atoms with Crippen molar-refractivity contribution in [2.45, 2.75) is 57.4 Å². The van der Waals surface area contributed by atoms with Crippen LogP contribution in [0.5, 0.6) is 0 Å². The van der Waals surface area contributed by atoms with Crippen molar-refractivity contribution in [1.29, 1.82) is 0 Å². The molecule has 2 aliphatic rings. The van der Waals surface area contributed by atoms with Gasteiger partial charge < -0.3 is 16.4 Å². The van der Waals surface area contributed by atoms with E-state index in [1.54, 1.807) is 0 Å². The smallest absolute Gasteiger partial charge is 0.222 e. The zero-order valence-corrected chi connectivity index (χ0v) is 12.5. The molecule has 0 amide bonds. The lowest BCUT2D eigenvalue weighted by Gasteiger charge is -2.33. The molecule has 5 heteroatoms. The summed E-state index contributed by atoms with van der Waals surface area (Å²) in [5, 5.41) is 7.01. The highest BCUT2D eigenvalue weighted by molar-refractivity contribution is 5.53. The van der Waals surface area contributed by atoms with Crippen LogP contribution in [0.4, 0.5) is 11.8 Å². The van der Waals surface area contributed by atoms with Crippen molar-refractivity contribution < 1.29 is 0 Å². The number of aromatic nitrogens is 2. The lowest BCUT2D eigenvalue weighted by molar-refractivity contribution is 0.417. The first-order chi connectivity index (χ1) is 9.56. The van der Waals surface area contributed by atoms with Crippen LogP contribution >= 0.6 is 0 Å². The van der Waals surface area contributed by atoms with Gasteiger partial charge in [0.15, 0.2) is 0 Å². The number of piperidine rings is 1. The number of nitrogen functional groups attached to an aromatic ring is 1. The molecule has 0 bridgehead atoms. The monoisotopic (exact) mass is 275 g/mol. The van der Waals surface area contributed by atoms with Crippen molar-refractivity contribution in [2.75, 3.05) is 24.1 Å². The second-order valence-corrected chi connectivity index (χ2v) is 6.66. The Labute approximate surface area is 120 Å². The van der Waals surface area contributed by atoms with E-state index >= 15 is 0 Å². The van der Waals surface area contributed by atoms with E-state index in [0.29, 0.717) is 12.0 Å². The molecular weight excluding hydrogens is 250 g/mol. The Morgan fingerprint density at radius 1 is 1.25 bits per heavy atom. The summed E-state index contributed by atoms with van der Waals surface area (Å²) >= 11 is 0. The maximum absolute atomic E-state index is 5.93. The molecule has 1 aliphatic carbocycles. The van der Waals surface area contributed by atoms with Gasteiger partial charge in [-0.1, -0.05) is 13.8 Å². The Bertz CT molecular complexity index is 491. The van der Waals surface area contributed by atoms with E-state index < -0.39 is 0 Å². The number of anilines is 2. The van der Waals surface area contributed by atoms with Crippen LogP contribution in [-0.2, 0) is 11.8 Å². The normalized spacial score (nSPS) is 22.3. The molecule has 1 fully saturated rings. The number of rotatable bonds is 2. The third kappa shape index (κ3) is 2.59. The average molecular weight is 275 g/mol. The van der Waals surface area contributed by atoms with E-state index in [1.807, 2.05) is 0 Å². The van der Waals surface area contributed by atoms with Crippen LogP contribution in [0.1, 0.15) is 50.8 Å². The standard InChI is InChI=1S/C15H25N5/c1-15(2)7-3-4-11-12(15)19-14(16)20-13(11)18-10-5-8-17-9-6-10/h10,17H,3-9H2,1-2H3,(H3,16,18,19,20). The molecule has 0 aromatic carbocycles. The number of nitrogens with one attached hydrogen (secondary N) is 2. The first kappa shape index (κ1) is 13.6. The lowest BCUT2D eigenvalue weighted by Crippen LogP contribution is -2.36. The predicted molar refractivity (Wildman–Crippen MR) is 81.9 cm³/mol. The van der Waals surface area contributed by atoms with Crippen LogP contribution in [0.25, 0.3) is 0 Å². The minimum absolute atomic E-state index is 0.106. The van der Waals surface area contributed by atoms with Crippen LogP contribution in [0, 0.1) is 0 Å². The highest BCUT2D eigenvalue weighted by atomic mass is 15.1. The number of hydrogen-bond donors (Lipinski definition) is 3. The van der Waals surface area contributed by atoms with Crippen LogP contribution in [0.2, 0.25) is 0 Å². The maximum atomic E-state index is 5.93. The van der Waals surface area contributed by atoms with Gasteiger partial charge in [0, 0.05) is 17.0 Å².